The molecule has 0 atom stereocenters. The first kappa shape index (κ1) is 12.2. The van der Waals surface area contributed by atoms with Gasteiger partial charge in [0.05, 0.1) is 10.9 Å². The number of hydrogen-bond donors (Lipinski definition) is 1. The van der Waals surface area contributed by atoms with Gasteiger partial charge in [0.25, 0.3) is 0 Å². The number of aldehydes is 1. The molecule has 0 amide bonds. The van der Waals surface area contributed by atoms with E-state index < -0.39 is 0 Å². The monoisotopic (exact) mass is 266 g/mol. The van der Waals surface area contributed by atoms with Crippen LogP contribution < -0.4 is 5.43 Å². The Hall–Kier alpha value is -2.88. The Morgan fingerprint density at radius 1 is 1.05 bits per heavy atom. The van der Waals surface area contributed by atoms with E-state index in [1.54, 1.807) is 12.1 Å². The molecule has 2 aromatic carbocycles. The van der Waals surface area contributed by atoms with Crippen molar-refractivity contribution in [1.29, 1.82) is 0 Å². The van der Waals surface area contributed by atoms with Crippen LogP contribution in [-0.4, -0.2) is 11.4 Å². The van der Waals surface area contributed by atoms with Gasteiger partial charge in [0, 0.05) is 11.6 Å². The lowest BCUT2D eigenvalue weighted by atomic mass is 10.1. The van der Waals surface area contributed by atoms with E-state index in [4.69, 9.17) is 4.42 Å². The molecule has 0 aliphatic rings. The Morgan fingerprint density at radius 2 is 1.80 bits per heavy atom. The Kier molecular flexibility index (Phi) is 2.84. The average molecular weight is 266 g/mol. The van der Waals surface area contributed by atoms with Crippen molar-refractivity contribution in [2.24, 2.45) is 0 Å². The molecule has 98 valence electrons. The van der Waals surface area contributed by atoms with Gasteiger partial charge in [0.2, 0.25) is 0 Å². The van der Waals surface area contributed by atoms with E-state index in [9.17, 15) is 14.7 Å². The third-order valence-electron chi connectivity index (χ3n) is 3.09. The van der Waals surface area contributed by atoms with Crippen molar-refractivity contribution in [3.05, 3.63) is 64.3 Å². The first-order valence-electron chi connectivity index (χ1n) is 6.01. The molecule has 0 fully saturated rings. The number of fused-ring (bicyclic) bond motifs is 1. The van der Waals surface area contributed by atoms with Crippen LogP contribution in [-0.2, 0) is 0 Å². The van der Waals surface area contributed by atoms with Gasteiger partial charge in [-0.2, -0.15) is 0 Å². The Morgan fingerprint density at radius 3 is 2.50 bits per heavy atom. The van der Waals surface area contributed by atoms with Crippen molar-refractivity contribution in [1.82, 2.24) is 0 Å². The van der Waals surface area contributed by atoms with Gasteiger partial charge in [-0.3, -0.25) is 9.59 Å². The second kappa shape index (κ2) is 4.66. The number of hydrogen-bond acceptors (Lipinski definition) is 4. The largest absolute Gasteiger partial charge is 0.507 e. The highest BCUT2D eigenvalue weighted by Crippen LogP contribution is 2.27. The van der Waals surface area contributed by atoms with E-state index in [-0.39, 0.29) is 27.7 Å². The molecule has 0 bridgehead atoms. The molecule has 3 rings (SSSR count). The molecule has 3 aromatic rings. The van der Waals surface area contributed by atoms with E-state index in [2.05, 4.69) is 0 Å². The quantitative estimate of drug-likeness (QED) is 0.724. The normalized spacial score (nSPS) is 10.6. The SMILES string of the molecule is O=Cc1c(O)ccc2c(=O)cc(-c3ccccc3)oc12. The lowest BCUT2D eigenvalue weighted by molar-refractivity contribution is 0.112. The number of carbonyl (C=O) groups is 1. The van der Waals surface area contributed by atoms with Crippen LogP contribution in [0.25, 0.3) is 22.3 Å². The summed E-state index contributed by atoms with van der Waals surface area (Å²) < 4.78 is 5.64. The number of aromatic hydroxyl groups is 1. The second-order valence-electron chi connectivity index (χ2n) is 4.33. The summed E-state index contributed by atoms with van der Waals surface area (Å²) in [6, 6.07) is 13.2. The van der Waals surface area contributed by atoms with Crippen LogP contribution in [0.5, 0.6) is 5.75 Å². The van der Waals surface area contributed by atoms with Crippen molar-refractivity contribution < 1.29 is 14.3 Å². The molecule has 1 heterocycles. The molecule has 0 aliphatic heterocycles. The summed E-state index contributed by atoms with van der Waals surface area (Å²) in [5.41, 5.74) is 0.559. The number of benzene rings is 2. The maximum Gasteiger partial charge on any atom is 0.193 e. The summed E-state index contributed by atoms with van der Waals surface area (Å²) in [6.07, 6.45) is 0.482. The first-order valence-corrected chi connectivity index (χ1v) is 6.01. The zero-order valence-electron chi connectivity index (χ0n) is 10.4. The Balaban J connectivity index is 2.39. The fraction of sp³-hybridized carbons (Fsp3) is 0. The van der Waals surface area contributed by atoms with Gasteiger partial charge in [0.1, 0.15) is 11.5 Å². The summed E-state index contributed by atoms with van der Waals surface area (Å²) in [4.78, 5) is 23.2. The topological polar surface area (TPSA) is 67.5 Å². The predicted molar refractivity (Wildman–Crippen MR) is 75.0 cm³/mol. The van der Waals surface area contributed by atoms with Crippen LogP contribution in [0.15, 0.2) is 57.7 Å². The molecule has 4 heteroatoms. The van der Waals surface area contributed by atoms with E-state index >= 15 is 0 Å². The summed E-state index contributed by atoms with van der Waals surface area (Å²) in [5.74, 6) is 0.151. The minimum atomic E-state index is -0.256. The van der Waals surface area contributed by atoms with Gasteiger partial charge < -0.3 is 9.52 Å². The van der Waals surface area contributed by atoms with Crippen LogP contribution >= 0.6 is 0 Å². The van der Waals surface area contributed by atoms with Gasteiger partial charge in [-0.1, -0.05) is 30.3 Å². The molecule has 1 aromatic heterocycles. The third-order valence-corrected chi connectivity index (χ3v) is 3.09. The van der Waals surface area contributed by atoms with Gasteiger partial charge in [-0.05, 0) is 12.1 Å². The maximum absolute atomic E-state index is 12.1. The number of phenols is 1. The van der Waals surface area contributed by atoms with Crippen LogP contribution in [0.4, 0.5) is 0 Å². The first-order chi connectivity index (χ1) is 9.70. The van der Waals surface area contributed by atoms with Crippen LogP contribution in [0.1, 0.15) is 10.4 Å². The number of phenolic OH excluding ortho intramolecular Hbond substituents is 1. The van der Waals surface area contributed by atoms with Crippen molar-refractivity contribution in [3.8, 4) is 17.1 Å². The van der Waals surface area contributed by atoms with Crippen LogP contribution in [0.2, 0.25) is 0 Å². The van der Waals surface area contributed by atoms with E-state index in [0.29, 0.717) is 12.0 Å². The molecule has 0 unspecified atom stereocenters. The minimum Gasteiger partial charge on any atom is -0.507 e. The lowest BCUT2D eigenvalue weighted by Crippen LogP contribution is -2.02. The van der Waals surface area contributed by atoms with Gasteiger partial charge in [-0.15, -0.1) is 0 Å². The highest BCUT2D eigenvalue weighted by Gasteiger charge is 2.13. The van der Waals surface area contributed by atoms with Crippen molar-refractivity contribution in [2.75, 3.05) is 0 Å². The molecular formula is C16H10O4. The molecule has 0 aliphatic carbocycles. The standard InChI is InChI=1S/C16H10O4/c17-9-12-13(18)7-6-11-14(19)8-15(20-16(11)12)10-4-2-1-3-5-10/h1-9,18H. The summed E-state index contributed by atoms with van der Waals surface area (Å²) in [6.45, 7) is 0. The molecule has 0 spiro atoms. The summed E-state index contributed by atoms with van der Waals surface area (Å²) in [5, 5.41) is 9.94. The molecule has 0 radical (unpaired) electrons. The molecular weight excluding hydrogens is 256 g/mol. The van der Waals surface area contributed by atoms with Gasteiger partial charge in [0.15, 0.2) is 17.3 Å². The van der Waals surface area contributed by atoms with Gasteiger partial charge in [-0.25, -0.2) is 0 Å². The third kappa shape index (κ3) is 1.87. The highest BCUT2D eigenvalue weighted by atomic mass is 16.3. The van der Waals surface area contributed by atoms with Crippen LogP contribution in [0.3, 0.4) is 0 Å². The second-order valence-corrected chi connectivity index (χ2v) is 4.33. The van der Waals surface area contributed by atoms with Crippen molar-refractivity contribution in [2.45, 2.75) is 0 Å². The zero-order chi connectivity index (χ0) is 14.1. The summed E-state index contributed by atoms with van der Waals surface area (Å²) >= 11 is 0. The Bertz CT molecular complexity index is 847. The molecule has 20 heavy (non-hydrogen) atoms. The highest BCUT2D eigenvalue weighted by molar-refractivity contribution is 5.97. The zero-order valence-corrected chi connectivity index (χ0v) is 10.4. The van der Waals surface area contributed by atoms with Crippen molar-refractivity contribution in [3.63, 3.8) is 0 Å². The fourth-order valence-electron chi connectivity index (χ4n) is 2.09. The maximum atomic E-state index is 12.1. The van der Waals surface area contributed by atoms with Crippen LogP contribution in [0, 0.1) is 0 Å². The minimum absolute atomic E-state index is 0.0163. The van der Waals surface area contributed by atoms with E-state index in [1.807, 2.05) is 18.2 Å². The summed E-state index contributed by atoms with van der Waals surface area (Å²) in [7, 11) is 0. The van der Waals surface area contributed by atoms with E-state index in [0.717, 1.165) is 5.56 Å². The van der Waals surface area contributed by atoms with E-state index in [1.165, 1.54) is 18.2 Å². The molecule has 0 saturated carbocycles. The van der Waals surface area contributed by atoms with Crippen molar-refractivity contribution >= 4 is 17.3 Å². The molecule has 0 saturated heterocycles. The molecule has 4 nitrogen and oxygen atoms in total. The lowest BCUT2D eigenvalue weighted by Gasteiger charge is -2.05. The average Bonchev–Trinajstić information content (AvgIpc) is 2.48. The van der Waals surface area contributed by atoms with Gasteiger partial charge >= 0.3 is 0 Å². The fourth-order valence-corrected chi connectivity index (χ4v) is 2.09. The Labute approximate surface area is 113 Å². The predicted octanol–water partition coefficient (Wildman–Crippen LogP) is 2.98. The number of carbonyl (C=O) groups excluding carboxylic acids is 1. The molecule has 1 N–H and O–H groups in total. The number of rotatable bonds is 2. The smallest absolute Gasteiger partial charge is 0.193 e.